The average molecular weight is 448 g/mol. The van der Waals surface area contributed by atoms with Gasteiger partial charge in [0.15, 0.2) is 5.78 Å². The summed E-state index contributed by atoms with van der Waals surface area (Å²) in [5, 5.41) is 11.6. The molecule has 1 aliphatic rings. The predicted octanol–water partition coefficient (Wildman–Crippen LogP) is 5.68. The van der Waals surface area contributed by atoms with Crippen LogP contribution in [0.4, 0.5) is 5.69 Å². The van der Waals surface area contributed by atoms with E-state index >= 15 is 0 Å². The number of nitrogens with zero attached hydrogens (tertiary/aromatic N) is 1. The molecule has 6 heteroatoms. The lowest BCUT2D eigenvalue weighted by Crippen LogP contribution is -2.42. The first kappa shape index (κ1) is 23.2. The number of rotatable bonds is 6. The molecule has 3 aromatic carbocycles. The Morgan fingerprint density at radius 1 is 0.906 bits per heavy atom. The van der Waals surface area contributed by atoms with Gasteiger partial charge in [-0.1, -0.05) is 61.5 Å². The van der Waals surface area contributed by atoms with E-state index in [1.807, 2.05) is 23.1 Å². The van der Waals surface area contributed by atoms with Gasteiger partial charge in [-0.3, -0.25) is 15.0 Å². The standard InChI is InChI=1S/C25H22ClN3O2.CH4/c26-20-10-12-21(13-11-20)28-25(31)22-5-2-1-4-19(22)16-23(30)17-6-8-18(9-7-17)24(27)29-14-3-15-29;/h1-2,4-13,27H,3,14-16H2,(H,28,31);1H4. The van der Waals surface area contributed by atoms with E-state index in [0.29, 0.717) is 33.2 Å². The van der Waals surface area contributed by atoms with Gasteiger partial charge in [0.1, 0.15) is 5.84 Å². The predicted molar refractivity (Wildman–Crippen MR) is 130 cm³/mol. The zero-order valence-corrected chi connectivity index (χ0v) is 17.7. The summed E-state index contributed by atoms with van der Waals surface area (Å²) in [6, 6.07) is 21.1. The number of ketones is 1. The van der Waals surface area contributed by atoms with Crippen molar-refractivity contribution in [1.29, 1.82) is 5.41 Å². The number of benzene rings is 3. The van der Waals surface area contributed by atoms with Crippen LogP contribution in [0.1, 0.15) is 45.7 Å². The van der Waals surface area contributed by atoms with Crippen molar-refractivity contribution in [2.45, 2.75) is 20.3 Å². The van der Waals surface area contributed by atoms with Crippen molar-refractivity contribution in [2.75, 3.05) is 18.4 Å². The molecule has 3 aromatic rings. The summed E-state index contributed by atoms with van der Waals surface area (Å²) in [5.41, 5.74) is 3.13. The van der Waals surface area contributed by atoms with Crippen molar-refractivity contribution in [3.05, 3.63) is 100 Å². The molecule has 2 N–H and O–H groups in total. The molecule has 164 valence electrons. The average Bonchev–Trinajstić information content (AvgIpc) is 2.74. The summed E-state index contributed by atoms with van der Waals surface area (Å²) in [7, 11) is 0. The van der Waals surface area contributed by atoms with Crippen molar-refractivity contribution in [3.8, 4) is 0 Å². The number of amidine groups is 1. The van der Waals surface area contributed by atoms with E-state index in [-0.39, 0.29) is 25.5 Å². The van der Waals surface area contributed by atoms with Crippen LogP contribution in [-0.2, 0) is 6.42 Å². The molecule has 0 aromatic heterocycles. The number of amides is 1. The molecular formula is C26H26ClN3O2. The number of carbonyl (C=O) groups is 2. The van der Waals surface area contributed by atoms with Gasteiger partial charge in [0.2, 0.25) is 0 Å². The van der Waals surface area contributed by atoms with E-state index in [0.717, 1.165) is 25.1 Å². The number of hydrogen-bond acceptors (Lipinski definition) is 3. The first-order chi connectivity index (χ1) is 15.0. The van der Waals surface area contributed by atoms with Crippen LogP contribution in [0.3, 0.4) is 0 Å². The summed E-state index contributed by atoms with van der Waals surface area (Å²) < 4.78 is 0. The van der Waals surface area contributed by atoms with Crippen molar-refractivity contribution in [3.63, 3.8) is 0 Å². The third-order valence-corrected chi connectivity index (χ3v) is 5.62. The highest BCUT2D eigenvalue weighted by Crippen LogP contribution is 2.18. The fraction of sp³-hybridized carbons (Fsp3) is 0.192. The molecule has 32 heavy (non-hydrogen) atoms. The van der Waals surface area contributed by atoms with E-state index in [1.165, 1.54) is 0 Å². The fourth-order valence-corrected chi connectivity index (χ4v) is 3.57. The second kappa shape index (κ2) is 10.2. The molecule has 1 saturated heterocycles. The highest BCUT2D eigenvalue weighted by molar-refractivity contribution is 6.30. The second-order valence-corrected chi connectivity index (χ2v) is 7.92. The lowest BCUT2D eigenvalue weighted by atomic mass is 9.97. The van der Waals surface area contributed by atoms with Crippen LogP contribution in [-0.4, -0.2) is 35.5 Å². The van der Waals surface area contributed by atoms with Gasteiger partial charge in [-0.05, 0) is 42.3 Å². The van der Waals surface area contributed by atoms with Crippen LogP contribution in [0.15, 0.2) is 72.8 Å². The van der Waals surface area contributed by atoms with Crippen molar-refractivity contribution in [1.82, 2.24) is 4.90 Å². The van der Waals surface area contributed by atoms with Gasteiger partial charge in [-0.15, -0.1) is 0 Å². The van der Waals surface area contributed by atoms with E-state index < -0.39 is 0 Å². The van der Waals surface area contributed by atoms with Gasteiger partial charge < -0.3 is 10.2 Å². The monoisotopic (exact) mass is 447 g/mol. The Kier molecular flexibility index (Phi) is 7.44. The largest absolute Gasteiger partial charge is 0.356 e. The smallest absolute Gasteiger partial charge is 0.255 e. The minimum atomic E-state index is -0.274. The molecule has 0 bridgehead atoms. The molecule has 0 aliphatic carbocycles. The Balaban J connectivity index is 0.00000289. The second-order valence-electron chi connectivity index (χ2n) is 7.48. The SMILES string of the molecule is C.N=C(c1ccc(C(=O)Cc2ccccc2C(=O)Nc2ccc(Cl)cc2)cc1)N1CCC1. The van der Waals surface area contributed by atoms with Crippen LogP contribution in [0.25, 0.3) is 0 Å². The summed E-state index contributed by atoms with van der Waals surface area (Å²) >= 11 is 5.89. The van der Waals surface area contributed by atoms with E-state index in [1.54, 1.807) is 54.6 Å². The molecule has 1 amide bonds. The maximum atomic E-state index is 12.9. The van der Waals surface area contributed by atoms with E-state index in [2.05, 4.69) is 5.32 Å². The fourth-order valence-electron chi connectivity index (χ4n) is 3.44. The van der Waals surface area contributed by atoms with Crippen LogP contribution in [0, 0.1) is 5.41 Å². The number of likely N-dealkylation sites (tertiary alicyclic amines) is 1. The van der Waals surface area contributed by atoms with E-state index in [9.17, 15) is 9.59 Å². The van der Waals surface area contributed by atoms with Gasteiger partial charge in [-0.2, -0.15) is 0 Å². The quantitative estimate of drug-likeness (QED) is 0.290. The lowest BCUT2D eigenvalue weighted by molar-refractivity contribution is 0.0992. The molecule has 1 fully saturated rings. The third-order valence-electron chi connectivity index (χ3n) is 5.37. The zero-order chi connectivity index (χ0) is 21.8. The Hall–Kier alpha value is -3.44. The van der Waals surface area contributed by atoms with Gasteiger partial charge in [0, 0.05) is 46.9 Å². The Bertz CT molecular complexity index is 1120. The van der Waals surface area contributed by atoms with Gasteiger partial charge >= 0.3 is 0 Å². The highest BCUT2D eigenvalue weighted by Gasteiger charge is 2.19. The summed E-state index contributed by atoms with van der Waals surface area (Å²) in [5.74, 6) is 0.146. The molecule has 0 spiro atoms. The number of Topliss-reactive ketones (excluding diaryl/α,β-unsaturated/α-hetero) is 1. The third kappa shape index (κ3) is 5.24. The van der Waals surface area contributed by atoms with Crippen molar-refractivity contribution < 1.29 is 9.59 Å². The van der Waals surface area contributed by atoms with Gasteiger partial charge in [0.25, 0.3) is 5.91 Å². The van der Waals surface area contributed by atoms with Crippen LogP contribution in [0.2, 0.25) is 5.02 Å². The van der Waals surface area contributed by atoms with Crippen molar-refractivity contribution >= 4 is 34.8 Å². The molecule has 0 saturated carbocycles. The summed E-state index contributed by atoms with van der Waals surface area (Å²) in [6.45, 7) is 1.82. The topological polar surface area (TPSA) is 73.3 Å². The number of halogens is 1. The lowest BCUT2D eigenvalue weighted by Gasteiger charge is -2.33. The van der Waals surface area contributed by atoms with Crippen molar-refractivity contribution in [2.24, 2.45) is 0 Å². The Labute approximate surface area is 193 Å². The summed E-state index contributed by atoms with van der Waals surface area (Å²) in [6.07, 6.45) is 1.23. The van der Waals surface area contributed by atoms with Gasteiger partial charge in [-0.25, -0.2) is 0 Å². The minimum absolute atomic E-state index is 0. The molecule has 4 rings (SSSR count). The number of nitrogens with one attached hydrogen (secondary N) is 2. The Morgan fingerprint density at radius 2 is 1.53 bits per heavy atom. The molecule has 0 radical (unpaired) electrons. The van der Waals surface area contributed by atoms with Crippen LogP contribution in [0.5, 0.6) is 0 Å². The van der Waals surface area contributed by atoms with E-state index in [4.69, 9.17) is 17.0 Å². The maximum absolute atomic E-state index is 12.9. The van der Waals surface area contributed by atoms with Crippen LogP contribution >= 0.6 is 11.6 Å². The van der Waals surface area contributed by atoms with Crippen LogP contribution < -0.4 is 5.32 Å². The first-order valence-electron chi connectivity index (χ1n) is 10.1. The Morgan fingerprint density at radius 3 is 2.16 bits per heavy atom. The minimum Gasteiger partial charge on any atom is -0.356 e. The zero-order valence-electron chi connectivity index (χ0n) is 16.9. The number of hydrogen-bond donors (Lipinski definition) is 2. The normalized spacial score (nSPS) is 12.3. The summed E-state index contributed by atoms with van der Waals surface area (Å²) in [4.78, 5) is 27.6. The van der Waals surface area contributed by atoms with Gasteiger partial charge in [0.05, 0.1) is 0 Å². The molecular weight excluding hydrogens is 422 g/mol. The molecule has 1 aliphatic heterocycles. The molecule has 1 heterocycles. The number of carbonyl (C=O) groups excluding carboxylic acids is 2. The molecule has 0 unspecified atom stereocenters. The highest BCUT2D eigenvalue weighted by atomic mass is 35.5. The maximum Gasteiger partial charge on any atom is 0.255 e. The molecule has 5 nitrogen and oxygen atoms in total. The molecule has 0 atom stereocenters. The number of anilines is 1. The first-order valence-corrected chi connectivity index (χ1v) is 10.5.